The Bertz CT molecular complexity index is 2480. The van der Waals surface area contributed by atoms with Crippen molar-refractivity contribution < 1.29 is 148 Å². The van der Waals surface area contributed by atoms with Crippen LogP contribution in [0.5, 0.6) is 0 Å². The first-order chi connectivity index (χ1) is 43.2. The van der Waals surface area contributed by atoms with Crippen LogP contribution in [0.3, 0.4) is 0 Å². The fourth-order valence-electron chi connectivity index (χ4n) is 16.9. The normalized spacial score (nSPS) is 53.0. The van der Waals surface area contributed by atoms with Gasteiger partial charge >= 0.3 is 0 Å². The van der Waals surface area contributed by atoms with E-state index < -0.39 is 211 Å². The van der Waals surface area contributed by atoms with Crippen LogP contribution < -0.4 is 0 Å². The van der Waals surface area contributed by atoms with E-state index in [1.807, 2.05) is 6.92 Å². The van der Waals surface area contributed by atoms with Gasteiger partial charge in [-0.25, -0.2) is 0 Å². The molecule has 30 nitrogen and oxygen atoms in total. The molecule has 3 saturated carbocycles. The van der Waals surface area contributed by atoms with Gasteiger partial charge in [0.1, 0.15) is 134 Å². The van der Waals surface area contributed by atoms with Crippen LogP contribution in [0.2, 0.25) is 0 Å². The van der Waals surface area contributed by atoms with Crippen molar-refractivity contribution in [2.75, 3.05) is 39.6 Å². The van der Waals surface area contributed by atoms with E-state index in [1.165, 1.54) is 18.1 Å². The highest BCUT2D eigenvalue weighted by molar-refractivity contribution is 5.30. The Morgan fingerprint density at radius 3 is 1.77 bits per heavy atom. The van der Waals surface area contributed by atoms with Crippen molar-refractivity contribution in [1.82, 2.24) is 0 Å². The molecule has 0 amide bonds. The Morgan fingerprint density at radius 2 is 1.11 bits per heavy atom. The number of aliphatic hydroxyl groups excluding tert-OH is 17. The van der Waals surface area contributed by atoms with Gasteiger partial charge in [0.2, 0.25) is 0 Å². The van der Waals surface area contributed by atoms with Crippen LogP contribution in [0.15, 0.2) is 23.0 Å². The third-order valence-electron chi connectivity index (χ3n) is 22.3. The van der Waals surface area contributed by atoms with Gasteiger partial charge in [0.05, 0.1) is 57.6 Å². The number of hydrogen-bond acceptors (Lipinski definition) is 30. The minimum atomic E-state index is -1.96. The summed E-state index contributed by atoms with van der Waals surface area (Å²) in [5.74, 6) is 2.41. The molecule has 0 aromatic rings. The summed E-state index contributed by atoms with van der Waals surface area (Å²) >= 11 is 0. The zero-order chi connectivity index (χ0) is 65.4. The number of aliphatic hydroxyl groups is 17. The van der Waals surface area contributed by atoms with Gasteiger partial charge in [0, 0.05) is 12.3 Å². The average Bonchev–Trinajstić information content (AvgIpc) is 1.60. The summed E-state index contributed by atoms with van der Waals surface area (Å²) in [5.41, 5.74) is 2.28. The predicted octanol–water partition coefficient (Wildman–Crippen LogP) is -5.13. The molecule has 7 aliphatic heterocycles. The van der Waals surface area contributed by atoms with Crippen LogP contribution in [0, 0.1) is 40.4 Å². The number of fused-ring (bicyclic) bond motifs is 7. The Hall–Kier alpha value is -1.88. The molecule has 11 aliphatic rings. The van der Waals surface area contributed by atoms with Gasteiger partial charge in [0.25, 0.3) is 0 Å². The molecule has 0 bridgehead atoms. The van der Waals surface area contributed by atoms with E-state index in [0.717, 1.165) is 44.3 Å². The molecule has 0 unspecified atom stereocenters. The van der Waals surface area contributed by atoms with Gasteiger partial charge in [-0.05, 0) is 105 Å². The SMILES string of the molecule is CC1=C(CC[C@@H](C)CO[C@@H]2O[C@H](CO)[C@@H](O)[C@H](O)[C@H]2O)O[C@H]2C[C@H]3[C@@H]4CC=C5C[C@@H](O[C@@H]6O[C@H](CO)[C@H](O[C@@H]7O[C@H](CO)[C@@H](O)[C@H](O[C@@H]8OC[C@@H](O)[C@H](O)[C@H]8O)[C@H]7O[C@@H]7OC[C@@H](O)[C@H](O)[C@H]7O)[C@H](O)[C@H]6O[C@@H]6O[C@@H](C)[C@H](O)[C@@H](O)[C@H]6O)CC[C@]5(C)[C@H]4CC[C@]3(C)[C@@H]12. The maximum Gasteiger partial charge on any atom is 0.187 e. The van der Waals surface area contributed by atoms with Crippen molar-refractivity contribution in [2.45, 2.75) is 277 Å². The number of ether oxygens (including phenoxy) is 13. The first-order valence-electron chi connectivity index (χ1n) is 32.4. The third-order valence-corrected chi connectivity index (χ3v) is 22.3. The molecule has 0 aromatic carbocycles. The summed E-state index contributed by atoms with van der Waals surface area (Å²) in [6.07, 6.45) is -38.0. The van der Waals surface area contributed by atoms with Crippen LogP contribution in [0.4, 0.5) is 0 Å². The Balaban J connectivity index is 0.789. The largest absolute Gasteiger partial charge is 0.494 e. The van der Waals surface area contributed by atoms with Crippen molar-refractivity contribution in [3.05, 3.63) is 23.0 Å². The molecule has 17 N–H and O–H groups in total. The topological polar surface area (TPSA) is 464 Å². The average molecular weight is 1310 g/mol. The molecule has 6 saturated heterocycles. The van der Waals surface area contributed by atoms with Crippen molar-refractivity contribution in [2.24, 2.45) is 40.4 Å². The summed E-state index contributed by atoms with van der Waals surface area (Å²) in [6.45, 7) is 7.17. The highest BCUT2D eigenvalue weighted by Crippen LogP contribution is 2.69. The van der Waals surface area contributed by atoms with Crippen molar-refractivity contribution in [3.63, 3.8) is 0 Å². The van der Waals surface area contributed by atoms with Crippen molar-refractivity contribution in [3.8, 4) is 0 Å². The van der Waals surface area contributed by atoms with Gasteiger partial charge in [-0.1, -0.05) is 32.4 Å². The summed E-state index contributed by atoms with van der Waals surface area (Å²) in [7, 11) is 0. The fourth-order valence-corrected chi connectivity index (χ4v) is 16.9. The second-order valence-corrected chi connectivity index (χ2v) is 28.0. The lowest BCUT2D eigenvalue weighted by molar-refractivity contribution is -0.408. The van der Waals surface area contributed by atoms with E-state index in [9.17, 15) is 86.8 Å². The minimum Gasteiger partial charge on any atom is -0.494 e. The predicted molar refractivity (Wildman–Crippen MR) is 302 cm³/mol. The van der Waals surface area contributed by atoms with Crippen LogP contribution in [0.25, 0.3) is 0 Å². The number of allylic oxidation sites excluding steroid dienone is 2. The molecule has 37 atom stereocenters. The van der Waals surface area contributed by atoms with Crippen molar-refractivity contribution in [1.29, 1.82) is 0 Å². The monoisotopic (exact) mass is 1310 g/mol. The second-order valence-electron chi connectivity index (χ2n) is 28.0. The van der Waals surface area contributed by atoms with Gasteiger partial charge < -0.3 is 148 Å². The molecule has 9 fully saturated rings. The molecule has 4 aliphatic carbocycles. The first-order valence-corrected chi connectivity index (χ1v) is 32.4. The molecular formula is C61H98O30. The Morgan fingerprint density at radius 1 is 0.549 bits per heavy atom. The standard InChI is InChI=1S/C61H98O30/c1-22(19-79-54-47(76)44(73)41(70)34(16-62)85-54)6-9-32-23(2)37-33(84-32)15-29-27-8-7-25-14-26(10-12-60(25,4)28(27)11-13-61(29,37)5)83-58-52(90-57-48(77)43(72)38(67)24(3)82-57)49(78)50(36(18-64)87-58)88-59-53(91-56-46(75)40(69)31(66)21-81-56)51(42(71)35(17-63)86-59)89-55-45(74)39(68)30(65)20-80-55/h7,22,24,26-31,33-59,62-78H,6,8-21H2,1-5H3/t22-,24+,26+,27-,28+,29+,30-,31-,33+,34-,35-,36-,37+,38+,39+,40+,41-,42-,43-,44+,45-,46-,47-,48-,49+,50+,51+,52-,53-,54-,55+,56+,57+,58-,59+,60+,61+/m1/s1. The lowest BCUT2D eigenvalue weighted by Gasteiger charge is -2.58. The van der Waals surface area contributed by atoms with Gasteiger partial charge in [-0.3, -0.25) is 0 Å². The molecule has 91 heavy (non-hydrogen) atoms. The molecular weight excluding hydrogens is 1210 g/mol. The van der Waals surface area contributed by atoms with Crippen LogP contribution in [-0.2, 0) is 61.6 Å². The van der Waals surface area contributed by atoms with E-state index in [4.69, 9.17) is 61.6 Å². The van der Waals surface area contributed by atoms with E-state index in [2.05, 4.69) is 26.8 Å². The van der Waals surface area contributed by atoms with Crippen LogP contribution in [-0.4, -0.2) is 311 Å². The fraction of sp³-hybridized carbons (Fsp3) is 0.934. The van der Waals surface area contributed by atoms with E-state index in [1.54, 1.807) is 0 Å². The summed E-state index contributed by atoms with van der Waals surface area (Å²) in [4.78, 5) is 0. The Kier molecular flexibility index (Phi) is 22.1. The van der Waals surface area contributed by atoms with E-state index >= 15 is 0 Å². The van der Waals surface area contributed by atoms with Crippen LogP contribution >= 0.6 is 0 Å². The van der Waals surface area contributed by atoms with Crippen LogP contribution in [0.1, 0.15) is 92.4 Å². The quantitative estimate of drug-likeness (QED) is 0.0538. The summed E-state index contributed by atoms with van der Waals surface area (Å²) in [5, 5.41) is 183. The maximum absolute atomic E-state index is 12.7. The van der Waals surface area contributed by atoms with E-state index in [0.29, 0.717) is 37.0 Å². The molecule has 11 rings (SSSR count). The van der Waals surface area contributed by atoms with E-state index in [-0.39, 0.29) is 35.4 Å². The molecule has 522 valence electrons. The molecule has 30 heteroatoms. The molecule has 0 radical (unpaired) electrons. The minimum absolute atomic E-state index is 0.00399. The first kappa shape index (κ1) is 70.4. The maximum atomic E-state index is 12.7. The Labute approximate surface area is 526 Å². The number of rotatable bonds is 19. The molecule has 7 heterocycles. The second kappa shape index (κ2) is 28.5. The van der Waals surface area contributed by atoms with Crippen molar-refractivity contribution >= 4 is 0 Å². The zero-order valence-corrected chi connectivity index (χ0v) is 51.8. The molecule has 0 aromatic heterocycles. The van der Waals surface area contributed by atoms with Gasteiger partial charge in [-0.2, -0.15) is 0 Å². The number of hydrogen-bond donors (Lipinski definition) is 17. The lowest BCUT2D eigenvalue weighted by Crippen LogP contribution is -2.68. The van der Waals surface area contributed by atoms with Gasteiger partial charge in [-0.15, -0.1) is 0 Å². The highest BCUT2D eigenvalue weighted by Gasteiger charge is 2.65. The highest BCUT2D eigenvalue weighted by atomic mass is 16.8. The summed E-state index contributed by atoms with van der Waals surface area (Å²) < 4.78 is 79.4. The summed E-state index contributed by atoms with van der Waals surface area (Å²) in [6, 6.07) is 0. The smallest absolute Gasteiger partial charge is 0.187 e. The lowest BCUT2D eigenvalue weighted by atomic mass is 9.47. The third kappa shape index (κ3) is 13.4. The van der Waals surface area contributed by atoms with Gasteiger partial charge in [0.15, 0.2) is 37.7 Å². The zero-order valence-electron chi connectivity index (χ0n) is 51.8. The molecule has 0 spiro atoms.